The van der Waals surface area contributed by atoms with E-state index in [1.54, 1.807) is 18.2 Å². The lowest BCUT2D eigenvalue weighted by molar-refractivity contribution is 0.103. The number of thiophene rings is 1. The van der Waals surface area contributed by atoms with Crippen LogP contribution in [0.4, 0.5) is 5.69 Å². The summed E-state index contributed by atoms with van der Waals surface area (Å²) in [5.74, 6) is -0.140. The van der Waals surface area contributed by atoms with Crippen LogP contribution in [0.3, 0.4) is 0 Å². The SMILES string of the molecule is Cc1cccc(NC(=O)c2ccc(-c3ccc(B(O)O)cc3)s2)c1. The number of rotatable bonds is 4. The number of hydrogen-bond acceptors (Lipinski definition) is 4. The van der Waals surface area contributed by atoms with Gasteiger partial charge in [-0.2, -0.15) is 0 Å². The third-order valence-electron chi connectivity index (χ3n) is 3.60. The van der Waals surface area contributed by atoms with Crippen molar-refractivity contribution in [3.05, 3.63) is 71.1 Å². The van der Waals surface area contributed by atoms with Crippen LogP contribution in [-0.2, 0) is 0 Å². The zero-order valence-corrected chi connectivity index (χ0v) is 13.9. The zero-order chi connectivity index (χ0) is 17.1. The van der Waals surface area contributed by atoms with E-state index in [4.69, 9.17) is 10.0 Å². The Morgan fingerprint density at radius 1 is 1.04 bits per heavy atom. The molecule has 3 aromatic rings. The van der Waals surface area contributed by atoms with Crippen LogP contribution in [-0.4, -0.2) is 23.1 Å². The highest BCUT2D eigenvalue weighted by molar-refractivity contribution is 7.17. The standard InChI is InChI=1S/C18H16BNO3S/c1-12-3-2-4-15(11-12)20-18(21)17-10-9-16(24-17)13-5-7-14(8-6-13)19(22)23/h2-11,22-23H,1H3,(H,20,21). The molecule has 3 N–H and O–H groups in total. The summed E-state index contributed by atoms with van der Waals surface area (Å²) >= 11 is 1.39. The van der Waals surface area contributed by atoms with Gasteiger partial charge in [0.15, 0.2) is 0 Å². The predicted molar refractivity (Wildman–Crippen MR) is 98.7 cm³/mol. The Labute approximate surface area is 144 Å². The Hall–Kier alpha value is -2.41. The van der Waals surface area contributed by atoms with Gasteiger partial charge in [0.2, 0.25) is 0 Å². The summed E-state index contributed by atoms with van der Waals surface area (Å²) in [6, 6.07) is 18.3. The summed E-state index contributed by atoms with van der Waals surface area (Å²) in [7, 11) is -1.47. The first kappa shape index (κ1) is 16.5. The Balaban J connectivity index is 1.76. The molecule has 0 fully saturated rings. The van der Waals surface area contributed by atoms with E-state index in [2.05, 4.69) is 5.32 Å². The summed E-state index contributed by atoms with van der Waals surface area (Å²) in [6.45, 7) is 1.98. The largest absolute Gasteiger partial charge is 0.488 e. The lowest BCUT2D eigenvalue weighted by atomic mass is 9.80. The van der Waals surface area contributed by atoms with Gasteiger partial charge in [0, 0.05) is 10.6 Å². The maximum absolute atomic E-state index is 12.3. The second-order valence-electron chi connectivity index (χ2n) is 5.48. The molecule has 24 heavy (non-hydrogen) atoms. The molecule has 0 unspecified atom stereocenters. The molecule has 0 bridgehead atoms. The van der Waals surface area contributed by atoms with Crippen LogP contribution >= 0.6 is 11.3 Å². The van der Waals surface area contributed by atoms with Crippen molar-refractivity contribution in [3.8, 4) is 10.4 Å². The average molecular weight is 337 g/mol. The highest BCUT2D eigenvalue weighted by atomic mass is 32.1. The van der Waals surface area contributed by atoms with Crippen molar-refractivity contribution in [2.45, 2.75) is 6.92 Å². The molecular formula is C18H16BNO3S. The molecule has 0 atom stereocenters. The molecule has 6 heteroatoms. The number of nitrogens with one attached hydrogen (secondary N) is 1. The summed E-state index contributed by atoms with van der Waals surface area (Å²) in [5.41, 5.74) is 3.23. The van der Waals surface area contributed by atoms with E-state index in [0.717, 1.165) is 21.7 Å². The zero-order valence-electron chi connectivity index (χ0n) is 13.1. The van der Waals surface area contributed by atoms with E-state index in [0.29, 0.717) is 10.3 Å². The lowest BCUT2D eigenvalue weighted by Gasteiger charge is -2.04. The molecular weight excluding hydrogens is 321 g/mol. The van der Waals surface area contributed by atoms with E-state index >= 15 is 0 Å². The van der Waals surface area contributed by atoms with Crippen LogP contribution in [0.2, 0.25) is 0 Å². The molecule has 1 heterocycles. The molecule has 1 aromatic heterocycles. The second-order valence-corrected chi connectivity index (χ2v) is 6.57. The first-order valence-electron chi connectivity index (χ1n) is 7.47. The molecule has 3 rings (SSSR count). The third kappa shape index (κ3) is 3.73. The molecule has 0 aliphatic carbocycles. The molecule has 120 valence electrons. The van der Waals surface area contributed by atoms with Crippen LogP contribution in [0.5, 0.6) is 0 Å². The summed E-state index contributed by atoms with van der Waals surface area (Å²) < 4.78 is 0. The number of hydrogen-bond donors (Lipinski definition) is 3. The molecule has 0 aliphatic rings. The maximum Gasteiger partial charge on any atom is 0.488 e. The molecule has 4 nitrogen and oxygen atoms in total. The number of aryl methyl sites for hydroxylation is 1. The Bertz CT molecular complexity index is 859. The number of anilines is 1. The minimum absolute atomic E-state index is 0.140. The topological polar surface area (TPSA) is 69.6 Å². The minimum atomic E-state index is -1.47. The third-order valence-corrected chi connectivity index (χ3v) is 4.73. The number of carbonyl (C=O) groups is 1. The van der Waals surface area contributed by atoms with Crippen molar-refractivity contribution in [1.29, 1.82) is 0 Å². The van der Waals surface area contributed by atoms with Crippen LogP contribution in [0.15, 0.2) is 60.7 Å². The maximum atomic E-state index is 12.3. The van der Waals surface area contributed by atoms with E-state index in [1.165, 1.54) is 11.3 Å². The van der Waals surface area contributed by atoms with Crippen LogP contribution in [0.25, 0.3) is 10.4 Å². The van der Waals surface area contributed by atoms with Crippen molar-refractivity contribution >= 4 is 35.5 Å². The van der Waals surface area contributed by atoms with Crippen molar-refractivity contribution in [2.24, 2.45) is 0 Å². The molecule has 1 amide bonds. The fourth-order valence-electron chi connectivity index (χ4n) is 2.35. The Morgan fingerprint density at radius 3 is 2.46 bits per heavy atom. The van der Waals surface area contributed by atoms with Crippen molar-refractivity contribution < 1.29 is 14.8 Å². The number of amides is 1. The quantitative estimate of drug-likeness (QED) is 0.641. The molecule has 0 radical (unpaired) electrons. The highest BCUT2D eigenvalue weighted by Gasteiger charge is 2.13. The molecule has 0 saturated heterocycles. The summed E-state index contributed by atoms with van der Waals surface area (Å²) in [4.78, 5) is 13.9. The van der Waals surface area contributed by atoms with Crippen LogP contribution < -0.4 is 10.8 Å². The molecule has 0 saturated carbocycles. The average Bonchev–Trinajstić information content (AvgIpc) is 3.05. The first-order chi connectivity index (χ1) is 11.5. The van der Waals surface area contributed by atoms with Crippen molar-refractivity contribution in [1.82, 2.24) is 0 Å². The molecule has 2 aromatic carbocycles. The summed E-state index contributed by atoms with van der Waals surface area (Å²) in [5, 5.41) is 21.1. The second kappa shape index (κ2) is 7.01. The Kier molecular flexibility index (Phi) is 4.80. The number of carbonyl (C=O) groups excluding carboxylic acids is 1. The van der Waals surface area contributed by atoms with Gasteiger partial charge >= 0.3 is 7.12 Å². The van der Waals surface area contributed by atoms with Gasteiger partial charge in [-0.05, 0) is 47.8 Å². The van der Waals surface area contributed by atoms with Gasteiger partial charge in [-0.1, -0.05) is 36.4 Å². The Morgan fingerprint density at radius 2 is 1.79 bits per heavy atom. The smallest absolute Gasteiger partial charge is 0.423 e. The normalized spacial score (nSPS) is 10.5. The fraction of sp³-hybridized carbons (Fsp3) is 0.0556. The van der Waals surface area contributed by atoms with Gasteiger partial charge in [-0.25, -0.2) is 0 Å². The number of benzene rings is 2. The fourth-order valence-corrected chi connectivity index (χ4v) is 3.26. The van der Waals surface area contributed by atoms with Gasteiger partial charge in [0.1, 0.15) is 0 Å². The van der Waals surface area contributed by atoms with Crippen LogP contribution in [0, 0.1) is 6.92 Å². The van der Waals surface area contributed by atoms with Crippen LogP contribution in [0.1, 0.15) is 15.2 Å². The van der Waals surface area contributed by atoms with Gasteiger partial charge in [-0.3, -0.25) is 4.79 Å². The van der Waals surface area contributed by atoms with Gasteiger partial charge in [-0.15, -0.1) is 11.3 Å². The van der Waals surface area contributed by atoms with Gasteiger partial charge in [0.25, 0.3) is 5.91 Å². The summed E-state index contributed by atoms with van der Waals surface area (Å²) in [6.07, 6.45) is 0. The monoisotopic (exact) mass is 337 g/mol. The first-order valence-corrected chi connectivity index (χ1v) is 8.29. The lowest BCUT2D eigenvalue weighted by Crippen LogP contribution is -2.29. The van der Waals surface area contributed by atoms with Gasteiger partial charge in [0.05, 0.1) is 4.88 Å². The van der Waals surface area contributed by atoms with Crippen molar-refractivity contribution in [3.63, 3.8) is 0 Å². The molecule has 0 spiro atoms. The predicted octanol–water partition coefficient (Wildman–Crippen LogP) is 2.66. The van der Waals surface area contributed by atoms with E-state index in [9.17, 15) is 4.79 Å². The van der Waals surface area contributed by atoms with Gasteiger partial charge < -0.3 is 15.4 Å². The minimum Gasteiger partial charge on any atom is -0.423 e. The van der Waals surface area contributed by atoms with E-state index < -0.39 is 7.12 Å². The van der Waals surface area contributed by atoms with Crippen molar-refractivity contribution in [2.75, 3.05) is 5.32 Å². The highest BCUT2D eigenvalue weighted by Crippen LogP contribution is 2.28. The molecule has 0 aliphatic heterocycles. The van der Waals surface area contributed by atoms with E-state index in [-0.39, 0.29) is 5.91 Å². The van der Waals surface area contributed by atoms with E-state index in [1.807, 2.05) is 49.4 Å².